The van der Waals surface area contributed by atoms with Gasteiger partial charge in [-0.25, -0.2) is 4.79 Å². The average Bonchev–Trinajstić information content (AvgIpc) is 2.80. The Kier molecular flexibility index (Phi) is 9.37. The normalized spacial score (nSPS) is 11.4. The Hall–Kier alpha value is -3.96. The summed E-state index contributed by atoms with van der Waals surface area (Å²) < 4.78 is 54.4. The first kappa shape index (κ1) is 29.3. The highest BCUT2D eigenvalue weighted by atomic mass is 19.4. The summed E-state index contributed by atoms with van der Waals surface area (Å²) in [5.74, 6) is -1.88. The molecule has 0 saturated carbocycles. The Morgan fingerprint density at radius 2 is 1.49 bits per heavy atom. The Bertz CT molecular complexity index is 1130. The van der Waals surface area contributed by atoms with Crippen molar-refractivity contribution in [1.82, 2.24) is 10.6 Å². The molecule has 0 radical (unpaired) electrons. The summed E-state index contributed by atoms with van der Waals surface area (Å²) in [5.41, 5.74) is 0.589. The number of carbonyl (C=O) groups excluding carboxylic acids is 3. The van der Waals surface area contributed by atoms with Crippen LogP contribution in [0.5, 0.6) is 11.5 Å². The van der Waals surface area contributed by atoms with Crippen molar-refractivity contribution in [3.63, 3.8) is 0 Å². The van der Waals surface area contributed by atoms with Crippen LogP contribution in [0.15, 0.2) is 30.3 Å². The molecule has 3 amide bonds. The van der Waals surface area contributed by atoms with E-state index in [4.69, 9.17) is 14.2 Å². The van der Waals surface area contributed by atoms with Crippen LogP contribution in [0.1, 0.15) is 47.8 Å². The molecule has 2 aromatic rings. The topological polar surface area (TPSA) is 115 Å². The number of anilines is 1. The predicted octanol–water partition coefficient (Wildman–Crippen LogP) is 4.47. The monoisotopic (exact) mass is 525 g/mol. The van der Waals surface area contributed by atoms with E-state index in [1.807, 2.05) is 5.32 Å². The van der Waals surface area contributed by atoms with Crippen LogP contribution in [0.3, 0.4) is 0 Å². The number of carbonyl (C=O) groups is 3. The Morgan fingerprint density at radius 3 is 2.00 bits per heavy atom. The second kappa shape index (κ2) is 11.8. The highest BCUT2D eigenvalue weighted by molar-refractivity contribution is 5.97. The van der Waals surface area contributed by atoms with E-state index in [0.717, 1.165) is 0 Å². The molecule has 0 saturated heterocycles. The summed E-state index contributed by atoms with van der Waals surface area (Å²) in [6.07, 6.45) is -5.84. The maximum Gasteiger partial charge on any atom is 0.471 e. The van der Waals surface area contributed by atoms with Crippen molar-refractivity contribution < 1.29 is 41.8 Å². The van der Waals surface area contributed by atoms with Gasteiger partial charge in [-0.3, -0.25) is 9.59 Å². The summed E-state index contributed by atoms with van der Waals surface area (Å²) >= 11 is 0. The van der Waals surface area contributed by atoms with Gasteiger partial charge in [-0.15, -0.1) is 0 Å². The van der Waals surface area contributed by atoms with Gasteiger partial charge in [0, 0.05) is 29.9 Å². The third kappa shape index (κ3) is 8.58. The van der Waals surface area contributed by atoms with E-state index in [2.05, 4.69) is 10.6 Å². The molecule has 0 aromatic heterocycles. The lowest BCUT2D eigenvalue weighted by Crippen LogP contribution is -2.32. The van der Waals surface area contributed by atoms with Gasteiger partial charge in [0.25, 0.3) is 5.91 Å². The predicted molar refractivity (Wildman–Crippen MR) is 130 cm³/mol. The van der Waals surface area contributed by atoms with Crippen LogP contribution in [0.4, 0.5) is 23.7 Å². The number of ether oxygens (including phenoxy) is 3. The van der Waals surface area contributed by atoms with Crippen molar-refractivity contribution in [2.45, 2.75) is 52.6 Å². The first-order valence-electron chi connectivity index (χ1n) is 11.1. The molecule has 0 aliphatic heterocycles. The van der Waals surface area contributed by atoms with Crippen LogP contribution in [0.25, 0.3) is 0 Å². The molecule has 37 heavy (non-hydrogen) atoms. The van der Waals surface area contributed by atoms with Crippen LogP contribution in [0, 0.1) is 6.92 Å². The van der Waals surface area contributed by atoms with Gasteiger partial charge in [0.1, 0.15) is 17.1 Å². The van der Waals surface area contributed by atoms with E-state index in [1.54, 1.807) is 33.8 Å². The fourth-order valence-corrected chi connectivity index (χ4v) is 3.18. The third-order valence-electron chi connectivity index (χ3n) is 4.97. The van der Waals surface area contributed by atoms with Gasteiger partial charge < -0.3 is 30.2 Å². The highest BCUT2D eigenvalue weighted by Gasteiger charge is 2.39. The van der Waals surface area contributed by atoms with E-state index >= 15 is 0 Å². The van der Waals surface area contributed by atoms with Crippen molar-refractivity contribution in [3.05, 3.63) is 52.6 Å². The molecule has 0 unspecified atom stereocenters. The van der Waals surface area contributed by atoms with Crippen LogP contribution >= 0.6 is 0 Å². The second-order valence-corrected chi connectivity index (χ2v) is 8.99. The van der Waals surface area contributed by atoms with Crippen LogP contribution in [-0.4, -0.2) is 43.9 Å². The number of hydrogen-bond donors (Lipinski definition) is 3. The smallest absolute Gasteiger partial charge is 0.471 e. The fourth-order valence-electron chi connectivity index (χ4n) is 3.18. The zero-order valence-corrected chi connectivity index (χ0v) is 21.4. The number of hydrogen-bond acceptors (Lipinski definition) is 6. The molecular weight excluding hydrogens is 495 g/mol. The number of methoxy groups -OCH3 is 2. The maximum atomic E-state index is 12.9. The van der Waals surface area contributed by atoms with Gasteiger partial charge in [0.2, 0.25) is 0 Å². The molecule has 2 aromatic carbocycles. The van der Waals surface area contributed by atoms with Crippen molar-refractivity contribution >= 4 is 23.6 Å². The summed E-state index contributed by atoms with van der Waals surface area (Å²) in [7, 11) is 2.89. The number of nitrogens with one attached hydrogen (secondary N) is 3. The number of amides is 3. The van der Waals surface area contributed by atoms with Gasteiger partial charge in [0.05, 0.1) is 14.2 Å². The van der Waals surface area contributed by atoms with Crippen molar-refractivity contribution in [3.8, 4) is 11.5 Å². The lowest BCUT2D eigenvalue weighted by Gasteiger charge is -2.20. The zero-order chi connectivity index (χ0) is 28.0. The SMILES string of the molecule is COc1cc(C(=O)NCc2ccc(CNC(=O)OC(C)(C)C)cc2NC(=O)C(F)(F)F)cc(OC)c1C. The van der Waals surface area contributed by atoms with E-state index < -0.39 is 29.7 Å². The number of alkyl carbamates (subject to hydrolysis) is 1. The van der Waals surface area contributed by atoms with Gasteiger partial charge >= 0.3 is 18.2 Å². The fraction of sp³-hybridized carbons (Fsp3) is 0.400. The van der Waals surface area contributed by atoms with Crippen molar-refractivity contribution in [2.75, 3.05) is 19.5 Å². The minimum absolute atomic E-state index is 0.0700. The van der Waals surface area contributed by atoms with Gasteiger partial charge in [-0.2, -0.15) is 13.2 Å². The first-order valence-corrected chi connectivity index (χ1v) is 11.1. The molecule has 0 heterocycles. The van der Waals surface area contributed by atoms with E-state index in [1.165, 1.54) is 38.5 Å². The number of halogens is 3. The molecule has 12 heteroatoms. The largest absolute Gasteiger partial charge is 0.496 e. The van der Waals surface area contributed by atoms with Crippen LogP contribution in [-0.2, 0) is 22.6 Å². The first-order chi connectivity index (χ1) is 17.1. The molecule has 0 fully saturated rings. The van der Waals surface area contributed by atoms with Crippen molar-refractivity contribution in [2.24, 2.45) is 0 Å². The molecule has 0 atom stereocenters. The number of rotatable bonds is 8. The quantitative estimate of drug-likeness (QED) is 0.469. The van der Waals surface area contributed by atoms with Crippen LogP contribution < -0.4 is 25.4 Å². The van der Waals surface area contributed by atoms with Crippen LogP contribution in [0.2, 0.25) is 0 Å². The molecule has 2 rings (SSSR count). The van der Waals surface area contributed by atoms with Gasteiger partial charge in [-0.05, 0) is 57.0 Å². The number of benzene rings is 2. The molecule has 0 aliphatic rings. The summed E-state index contributed by atoms with van der Waals surface area (Å²) in [5, 5.41) is 6.93. The standard InChI is InChI=1S/C25H30F3N3O6/c1-14-19(35-5)10-17(11-20(14)36-6)21(32)29-13-16-8-7-15(12-30-23(34)37-24(2,3)4)9-18(16)31-22(33)25(26,27)28/h7-11H,12-13H2,1-6H3,(H,29,32)(H,30,34)(H,31,33). The highest BCUT2D eigenvalue weighted by Crippen LogP contribution is 2.29. The Labute approximate surface area is 212 Å². The minimum Gasteiger partial charge on any atom is -0.496 e. The Balaban J connectivity index is 2.24. The molecular formula is C25H30F3N3O6. The summed E-state index contributed by atoms with van der Waals surface area (Å²) in [6, 6.07) is 7.27. The molecule has 0 spiro atoms. The lowest BCUT2D eigenvalue weighted by molar-refractivity contribution is -0.167. The number of alkyl halides is 3. The minimum atomic E-state index is -5.12. The Morgan fingerprint density at radius 1 is 0.892 bits per heavy atom. The van der Waals surface area contributed by atoms with E-state index in [-0.39, 0.29) is 29.9 Å². The van der Waals surface area contributed by atoms with E-state index in [0.29, 0.717) is 22.6 Å². The maximum absolute atomic E-state index is 12.9. The average molecular weight is 526 g/mol. The van der Waals surface area contributed by atoms with Gasteiger partial charge in [0.15, 0.2) is 0 Å². The van der Waals surface area contributed by atoms with Crippen molar-refractivity contribution in [1.29, 1.82) is 0 Å². The summed E-state index contributed by atoms with van der Waals surface area (Å²) in [4.78, 5) is 36.3. The van der Waals surface area contributed by atoms with E-state index in [9.17, 15) is 27.6 Å². The third-order valence-corrected chi connectivity index (χ3v) is 4.97. The summed E-state index contributed by atoms with van der Waals surface area (Å²) in [6.45, 7) is 6.54. The molecule has 0 aliphatic carbocycles. The molecule has 202 valence electrons. The molecule has 0 bridgehead atoms. The second-order valence-electron chi connectivity index (χ2n) is 8.99. The molecule has 9 nitrogen and oxygen atoms in total. The lowest BCUT2D eigenvalue weighted by atomic mass is 10.1. The van der Waals surface area contributed by atoms with Gasteiger partial charge in [-0.1, -0.05) is 12.1 Å². The zero-order valence-electron chi connectivity index (χ0n) is 21.4. The molecule has 3 N–H and O–H groups in total.